The number of ether oxygens (including phenoxy) is 1. The lowest BCUT2D eigenvalue weighted by Crippen LogP contribution is -2.62. The molecule has 0 saturated carbocycles. The summed E-state index contributed by atoms with van der Waals surface area (Å²) >= 11 is 0. The molecule has 4 atom stereocenters. The zero-order valence-electron chi connectivity index (χ0n) is 18.1. The van der Waals surface area contributed by atoms with E-state index in [2.05, 4.69) is 38.3 Å². The summed E-state index contributed by atoms with van der Waals surface area (Å²) in [5.41, 5.74) is -0.812. The summed E-state index contributed by atoms with van der Waals surface area (Å²) in [6.07, 6.45) is 6.93. The van der Waals surface area contributed by atoms with Gasteiger partial charge in [0.25, 0.3) is 0 Å². The van der Waals surface area contributed by atoms with Gasteiger partial charge in [-0.15, -0.1) is 0 Å². The van der Waals surface area contributed by atoms with Crippen LogP contribution in [0.4, 0.5) is 0 Å². The molecule has 5 rings (SSSR count). The zero-order valence-corrected chi connectivity index (χ0v) is 18.1. The first-order valence-electron chi connectivity index (χ1n) is 10.9. The van der Waals surface area contributed by atoms with Crippen molar-refractivity contribution < 1.29 is 18.7 Å². The van der Waals surface area contributed by atoms with E-state index in [1.807, 2.05) is 24.3 Å². The van der Waals surface area contributed by atoms with E-state index in [9.17, 15) is 9.59 Å². The third-order valence-corrected chi connectivity index (χ3v) is 6.94. The number of carbonyl (C=O) groups is 2. The van der Waals surface area contributed by atoms with E-state index in [1.165, 1.54) is 0 Å². The standard InChI is InChI=1S/C23H31N3O4/c1-21(2)10-14(11-22(3,4)25-21)24-19(27)17-16-7-8-23(30-16)13-26(20(28)18(17)23)12-15-6-5-9-29-15/h5-9,14,16-18,25H,10-13H2,1-4H3,(H,24,27)/t16-,17-,18+,23-/m1/s1. The van der Waals surface area contributed by atoms with Crippen LogP contribution in [-0.4, -0.2) is 52.1 Å². The molecular formula is C23H31N3O4. The first kappa shape index (κ1) is 19.8. The van der Waals surface area contributed by atoms with E-state index < -0.39 is 17.4 Å². The van der Waals surface area contributed by atoms with Gasteiger partial charge >= 0.3 is 0 Å². The van der Waals surface area contributed by atoms with Crippen LogP contribution < -0.4 is 10.6 Å². The van der Waals surface area contributed by atoms with Crippen LogP contribution in [-0.2, 0) is 20.9 Å². The minimum Gasteiger partial charge on any atom is -0.467 e. The highest BCUT2D eigenvalue weighted by Gasteiger charge is 2.67. The summed E-state index contributed by atoms with van der Waals surface area (Å²) < 4.78 is 11.6. The van der Waals surface area contributed by atoms with Gasteiger partial charge in [-0.05, 0) is 52.7 Å². The maximum absolute atomic E-state index is 13.4. The monoisotopic (exact) mass is 413 g/mol. The van der Waals surface area contributed by atoms with Crippen LogP contribution in [0, 0.1) is 11.8 Å². The second-order valence-corrected chi connectivity index (χ2v) is 10.7. The lowest BCUT2D eigenvalue weighted by atomic mass is 9.75. The minimum absolute atomic E-state index is 0.0237. The van der Waals surface area contributed by atoms with E-state index in [0.717, 1.165) is 18.6 Å². The molecular weight excluding hydrogens is 382 g/mol. The molecule has 4 aliphatic rings. The molecule has 0 unspecified atom stereocenters. The largest absolute Gasteiger partial charge is 0.467 e. The molecule has 5 heterocycles. The first-order valence-corrected chi connectivity index (χ1v) is 10.9. The molecule has 2 N–H and O–H groups in total. The van der Waals surface area contributed by atoms with Gasteiger partial charge in [0.05, 0.1) is 37.3 Å². The van der Waals surface area contributed by atoms with Gasteiger partial charge in [-0.2, -0.15) is 0 Å². The Balaban J connectivity index is 1.33. The number of carbonyl (C=O) groups excluding carboxylic acids is 2. The summed E-state index contributed by atoms with van der Waals surface area (Å²) in [6.45, 7) is 9.52. The van der Waals surface area contributed by atoms with Gasteiger partial charge < -0.3 is 24.7 Å². The topological polar surface area (TPSA) is 83.8 Å². The number of piperidine rings is 1. The average molecular weight is 414 g/mol. The van der Waals surface area contributed by atoms with E-state index in [0.29, 0.717) is 13.1 Å². The molecule has 7 heteroatoms. The Hall–Kier alpha value is -2.12. The second-order valence-electron chi connectivity index (χ2n) is 10.7. The fourth-order valence-corrected chi connectivity index (χ4v) is 6.32. The number of furan rings is 1. The maximum atomic E-state index is 13.4. The van der Waals surface area contributed by atoms with Crippen LogP contribution in [0.15, 0.2) is 35.0 Å². The third kappa shape index (κ3) is 3.19. The van der Waals surface area contributed by atoms with E-state index in [4.69, 9.17) is 9.15 Å². The van der Waals surface area contributed by atoms with Crippen molar-refractivity contribution in [3.63, 3.8) is 0 Å². The van der Waals surface area contributed by atoms with Crippen LogP contribution in [0.1, 0.15) is 46.3 Å². The van der Waals surface area contributed by atoms with Crippen LogP contribution in [0.3, 0.4) is 0 Å². The maximum Gasteiger partial charge on any atom is 0.230 e. The van der Waals surface area contributed by atoms with Gasteiger partial charge in [0.1, 0.15) is 11.4 Å². The number of hydrogen-bond acceptors (Lipinski definition) is 5. The van der Waals surface area contributed by atoms with Crippen molar-refractivity contribution in [3.05, 3.63) is 36.3 Å². The van der Waals surface area contributed by atoms with Crippen LogP contribution in [0.5, 0.6) is 0 Å². The summed E-state index contributed by atoms with van der Waals surface area (Å²) in [5, 5.41) is 6.91. The van der Waals surface area contributed by atoms with Gasteiger partial charge in [0, 0.05) is 17.1 Å². The molecule has 2 amide bonds. The Morgan fingerprint density at radius 2 is 2.00 bits per heavy atom. The number of hydrogen-bond donors (Lipinski definition) is 2. The predicted octanol–water partition coefficient (Wildman–Crippen LogP) is 1.99. The molecule has 1 aromatic heterocycles. The number of fused-ring (bicyclic) bond motifs is 1. The van der Waals surface area contributed by atoms with Crippen molar-refractivity contribution in [3.8, 4) is 0 Å². The molecule has 0 aromatic carbocycles. The van der Waals surface area contributed by atoms with Gasteiger partial charge in [-0.25, -0.2) is 0 Å². The van der Waals surface area contributed by atoms with Crippen LogP contribution in [0.25, 0.3) is 0 Å². The van der Waals surface area contributed by atoms with Gasteiger partial charge in [-0.3, -0.25) is 9.59 Å². The summed E-state index contributed by atoms with van der Waals surface area (Å²) in [5.74, 6) is -0.305. The Labute approximate surface area is 177 Å². The second kappa shape index (κ2) is 6.44. The molecule has 3 saturated heterocycles. The summed E-state index contributed by atoms with van der Waals surface area (Å²) in [7, 11) is 0. The van der Waals surface area contributed by atoms with Gasteiger partial charge in [-0.1, -0.05) is 12.2 Å². The Morgan fingerprint density at radius 1 is 1.27 bits per heavy atom. The fraction of sp³-hybridized carbons (Fsp3) is 0.652. The molecule has 162 valence electrons. The highest BCUT2D eigenvalue weighted by Crippen LogP contribution is 2.52. The Morgan fingerprint density at radius 3 is 2.67 bits per heavy atom. The molecule has 1 aromatic rings. The predicted molar refractivity (Wildman–Crippen MR) is 110 cm³/mol. The molecule has 0 radical (unpaired) electrons. The number of nitrogens with one attached hydrogen (secondary N) is 2. The molecule has 3 fully saturated rings. The lowest BCUT2D eigenvalue weighted by Gasteiger charge is -2.47. The summed E-state index contributed by atoms with van der Waals surface area (Å²) in [6, 6.07) is 3.74. The van der Waals surface area contributed by atoms with Crippen molar-refractivity contribution in [1.29, 1.82) is 0 Å². The number of amides is 2. The van der Waals surface area contributed by atoms with Crippen molar-refractivity contribution in [2.24, 2.45) is 11.8 Å². The quantitative estimate of drug-likeness (QED) is 0.738. The normalized spacial score (nSPS) is 36.3. The number of rotatable bonds is 4. The smallest absolute Gasteiger partial charge is 0.230 e. The van der Waals surface area contributed by atoms with Crippen molar-refractivity contribution >= 4 is 11.8 Å². The van der Waals surface area contributed by atoms with E-state index in [-0.39, 0.29) is 35.0 Å². The fourth-order valence-electron chi connectivity index (χ4n) is 6.32. The molecule has 1 spiro atoms. The molecule has 30 heavy (non-hydrogen) atoms. The average Bonchev–Trinajstić information content (AvgIpc) is 3.35. The Bertz CT molecular complexity index is 874. The lowest BCUT2D eigenvalue weighted by molar-refractivity contribution is -0.138. The SMILES string of the molecule is CC1(C)CC(NC(=O)[C@H]2[C@H]3C(=O)N(Cc4ccco4)C[C@]34C=C[C@H]2O4)CC(C)(C)N1. The van der Waals surface area contributed by atoms with Gasteiger partial charge in [0.15, 0.2) is 0 Å². The minimum atomic E-state index is -0.691. The molecule has 7 nitrogen and oxygen atoms in total. The molecule has 4 aliphatic heterocycles. The number of nitrogens with zero attached hydrogens (tertiary/aromatic N) is 1. The van der Waals surface area contributed by atoms with Gasteiger partial charge in [0.2, 0.25) is 11.8 Å². The molecule has 0 aliphatic carbocycles. The highest BCUT2D eigenvalue weighted by molar-refractivity contribution is 5.93. The van der Waals surface area contributed by atoms with Crippen LogP contribution >= 0.6 is 0 Å². The highest BCUT2D eigenvalue weighted by atomic mass is 16.5. The Kier molecular flexibility index (Phi) is 4.25. The van der Waals surface area contributed by atoms with Crippen LogP contribution in [0.2, 0.25) is 0 Å². The van der Waals surface area contributed by atoms with E-state index >= 15 is 0 Å². The number of likely N-dealkylation sites (tertiary alicyclic amines) is 1. The van der Waals surface area contributed by atoms with Crippen molar-refractivity contribution in [2.75, 3.05) is 6.54 Å². The van der Waals surface area contributed by atoms with E-state index in [1.54, 1.807) is 11.2 Å². The summed E-state index contributed by atoms with van der Waals surface area (Å²) in [4.78, 5) is 28.4. The van der Waals surface area contributed by atoms with Crippen molar-refractivity contribution in [1.82, 2.24) is 15.5 Å². The zero-order chi connectivity index (χ0) is 21.3. The molecule has 2 bridgehead atoms. The van der Waals surface area contributed by atoms with Crippen molar-refractivity contribution in [2.45, 2.75) is 75.9 Å². The third-order valence-electron chi connectivity index (χ3n) is 6.94. The first-order chi connectivity index (χ1) is 14.1.